The third kappa shape index (κ3) is 6.04. The highest BCUT2D eigenvalue weighted by Gasteiger charge is 2.29. The molecular weight excluding hydrogens is 532 g/mol. The first-order valence-electron chi connectivity index (χ1n) is 11.5. The fourth-order valence-corrected chi connectivity index (χ4v) is 4.91. The highest BCUT2D eigenvalue weighted by Crippen LogP contribution is 2.33. The Morgan fingerprint density at radius 2 is 1.92 bits per heavy atom. The van der Waals surface area contributed by atoms with Gasteiger partial charge in [-0.05, 0) is 49.7 Å². The second kappa shape index (κ2) is 11.3. The van der Waals surface area contributed by atoms with Crippen LogP contribution in [0.2, 0.25) is 5.02 Å². The Labute approximate surface area is 227 Å². The van der Waals surface area contributed by atoms with Crippen molar-refractivity contribution in [3.8, 4) is 27.6 Å². The number of thiophene rings is 1. The number of aromatic nitrogens is 2. The molecule has 0 spiro atoms. The van der Waals surface area contributed by atoms with E-state index in [2.05, 4.69) is 4.98 Å². The van der Waals surface area contributed by atoms with Crippen LogP contribution in [-0.2, 0) is 14.3 Å². The molecule has 11 heteroatoms. The highest BCUT2D eigenvalue weighted by atomic mass is 35.5. The molecule has 0 fully saturated rings. The summed E-state index contributed by atoms with van der Waals surface area (Å²) in [4.78, 5) is 40.8. The molecule has 2 aromatic carbocycles. The van der Waals surface area contributed by atoms with Gasteiger partial charge >= 0.3 is 5.97 Å². The van der Waals surface area contributed by atoms with Gasteiger partial charge in [0.05, 0.1) is 23.9 Å². The molecule has 0 aliphatic rings. The predicted octanol–water partition coefficient (Wildman–Crippen LogP) is 4.99. The van der Waals surface area contributed by atoms with Gasteiger partial charge in [-0.3, -0.25) is 9.36 Å². The molecule has 1 atom stereocenters. The highest BCUT2D eigenvalue weighted by molar-refractivity contribution is 7.22. The van der Waals surface area contributed by atoms with E-state index in [0.717, 1.165) is 10.4 Å². The molecule has 2 aromatic heterocycles. The molecule has 0 aliphatic heterocycles. The number of benzene rings is 2. The zero-order valence-corrected chi connectivity index (χ0v) is 22.4. The Morgan fingerprint density at radius 3 is 2.58 bits per heavy atom. The van der Waals surface area contributed by atoms with Crippen LogP contribution in [0.4, 0.5) is 0 Å². The SMILES string of the molecule is COc1cc(-n2cnc3cc(-c4ccc(Cl)cc4)sc3c2=O)ccc1OCC(C)(C)OC(CC=O)C(=O)O. The minimum atomic E-state index is -1.28. The number of carbonyl (C=O) groups excluding carboxylic acids is 1. The van der Waals surface area contributed by atoms with Crippen molar-refractivity contribution in [2.75, 3.05) is 13.7 Å². The van der Waals surface area contributed by atoms with E-state index in [-0.39, 0.29) is 18.6 Å². The molecule has 0 amide bonds. The van der Waals surface area contributed by atoms with E-state index in [0.29, 0.717) is 38.7 Å². The zero-order valence-electron chi connectivity index (χ0n) is 20.8. The molecule has 198 valence electrons. The van der Waals surface area contributed by atoms with Crippen molar-refractivity contribution in [2.45, 2.75) is 32.0 Å². The van der Waals surface area contributed by atoms with Gasteiger partial charge in [-0.25, -0.2) is 9.78 Å². The molecule has 38 heavy (non-hydrogen) atoms. The van der Waals surface area contributed by atoms with Gasteiger partial charge in [-0.15, -0.1) is 11.3 Å². The zero-order chi connectivity index (χ0) is 27.4. The van der Waals surface area contributed by atoms with E-state index in [9.17, 15) is 19.5 Å². The van der Waals surface area contributed by atoms with Crippen LogP contribution in [0.5, 0.6) is 11.5 Å². The number of aliphatic carboxylic acids is 1. The van der Waals surface area contributed by atoms with E-state index in [1.54, 1.807) is 44.2 Å². The van der Waals surface area contributed by atoms with Crippen LogP contribution >= 0.6 is 22.9 Å². The molecule has 0 bridgehead atoms. The summed E-state index contributed by atoms with van der Waals surface area (Å²) in [5, 5.41) is 9.88. The maximum Gasteiger partial charge on any atom is 0.333 e. The Balaban J connectivity index is 1.57. The van der Waals surface area contributed by atoms with Gasteiger partial charge in [0.15, 0.2) is 17.6 Å². The van der Waals surface area contributed by atoms with E-state index in [1.807, 2.05) is 18.2 Å². The minimum Gasteiger partial charge on any atom is -0.493 e. The molecule has 0 saturated heterocycles. The normalized spacial score (nSPS) is 12.3. The van der Waals surface area contributed by atoms with Crippen molar-refractivity contribution in [2.24, 2.45) is 0 Å². The number of carbonyl (C=O) groups is 2. The molecule has 9 nitrogen and oxygen atoms in total. The van der Waals surface area contributed by atoms with Gasteiger partial charge in [-0.2, -0.15) is 0 Å². The second-order valence-electron chi connectivity index (χ2n) is 8.98. The Kier molecular flexibility index (Phi) is 8.15. The third-order valence-electron chi connectivity index (χ3n) is 5.61. The standard InChI is InChI=1S/C27H25ClN2O7S/c1-27(2,37-21(10-11-31)26(33)34)14-36-20-9-8-18(12-22(20)35-3)30-15-29-19-13-23(38-24(19)25(30)32)16-4-6-17(28)7-5-16/h4-9,11-13,15,21H,10,14H2,1-3H3,(H,33,34). The monoisotopic (exact) mass is 556 g/mol. The molecule has 1 unspecified atom stereocenters. The van der Waals surface area contributed by atoms with Crippen molar-refractivity contribution in [1.29, 1.82) is 0 Å². The largest absolute Gasteiger partial charge is 0.493 e. The van der Waals surface area contributed by atoms with Gasteiger partial charge in [0.1, 0.15) is 23.9 Å². The third-order valence-corrected chi connectivity index (χ3v) is 7.03. The number of hydrogen-bond donors (Lipinski definition) is 1. The summed E-state index contributed by atoms with van der Waals surface area (Å²) in [6.45, 7) is 3.31. The molecule has 0 saturated carbocycles. The number of hydrogen-bond acceptors (Lipinski definition) is 8. The van der Waals surface area contributed by atoms with Crippen molar-refractivity contribution < 1.29 is 28.9 Å². The lowest BCUT2D eigenvalue weighted by molar-refractivity contribution is -0.165. The van der Waals surface area contributed by atoms with Crippen LogP contribution in [0.15, 0.2) is 59.7 Å². The van der Waals surface area contributed by atoms with E-state index in [4.69, 9.17) is 25.8 Å². The van der Waals surface area contributed by atoms with Gasteiger partial charge in [0.25, 0.3) is 5.56 Å². The summed E-state index contributed by atoms with van der Waals surface area (Å²) in [6.07, 6.45) is 0.423. The lowest BCUT2D eigenvalue weighted by Crippen LogP contribution is -2.40. The molecule has 0 aliphatic carbocycles. The van der Waals surface area contributed by atoms with Crippen molar-refractivity contribution in [3.63, 3.8) is 0 Å². The summed E-state index contributed by atoms with van der Waals surface area (Å²) in [5.41, 5.74) is 0.842. The second-order valence-corrected chi connectivity index (χ2v) is 10.5. The van der Waals surface area contributed by atoms with Crippen LogP contribution in [0.1, 0.15) is 20.3 Å². The number of aldehydes is 1. The van der Waals surface area contributed by atoms with Gasteiger partial charge in [0.2, 0.25) is 0 Å². The number of fused-ring (bicyclic) bond motifs is 1. The van der Waals surface area contributed by atoms with Crippen LogP contribution in [0, 0.1) is 0 Å². The number of carboxylic acid groups (broad SMARTS) is 1. The van der Waals surface area contributed by atoms with E-state index < -0.39 is 17.7 Å². The number of ether oxygens (including phenoxy) is 3. The summed E-state index contributed by atoms with van der Waals surface area (Å²) >= 11 is 7.35. The number of nitrogens with zero attached hydrogens (tertiary/aromatic N) is 2. The fourth-order valence-electron chi connectivity index (χ4n) is 3.74. The predicted molar refractivity (Wildman–Crippen MR) is 145 cm³/mol. The van der Waals surface area contributed by atoms with Gasteiger partial charge in [0, 0.05) is 22.4 Å². The average Bonchev–Trinajstić information content (AvgIpc) is 3.33. The lowest BCUT2D eigenvalue weighted by Gasteiger charge is -2.28. The first-order valence-corrected chi connectivity index (χ1v) is 12.7. The van der Waals surface area contributed by atoms with Crippen LogP contribution in [-0.4, -0.2) is 52.3 Å². The van der Waals surface area contributed by atoms with Crippen molar-refractivity contribution >= 4 is 45.4 Å². The lowest BCUT2D eigenvalue weighted by atomic mass is 10.1. The maximum absolute atomic E-state index is 13.3. The molecule has 2 heterocycles. The molecule has 0 radical (unpaired) electrons. The topological polar surface area (TPSA) is 117 Å². The number of carboxylic acids is 1. The van der Waals surface area contributed by atoms with Crippen LogP contribution < -0.4 is 15.0 Å². The number of halogens is 1. The van der Waals surface area contributed by atoms with Crippen molar-refractivity contribution in [1.82, 2.24) is 9.55 Å². The summed E-state index contributed by atoms with van der Waals surface area (Å²) in [7, 11) is 1.47. The maximum atomic E-state index is 13.3. The van der Waals surface area contributed by atoms with Gasteiger partial charge in [-0.1, -0.05) is 23.7 Å². The average molecular weight is 557 g/mol. The van der Waals surface area contributed by atoms with E-state index >= 15 is 0 Å². The molecule has 4 aromatic rings. The van der Waals surface area contributed by atoms with E-state index in [1.165, 1.54) is 29.3 Å². The number of rotatable bonds is 11. The molecule has 1 N–H and O–H groups in total. The quantitative estimate of drug-likeness (QED) is 0.257. The van der Waals surface area contributed by atoms with Crippen LogP contribution in [0.25, 0.3) is 26.3 Å². The molecule has 4 rings (SSSR count). The first-order chi connectivity index (χ1) is 18.1. The Bertz CT molecular complexity index is 1530. The van der Waals surface area contributed by atoms with Crippen LogP contribution in [0.3, 0.4) is 0 Å². The Hall–Kier alpha value is -3.73. The molecular formula is C27H25ClN2O7S. The van der Waals surface area contributed by atoms with Crippen molar-refractivity contribution in [3.05, 3.63) is 70.2 Å². The number of methoxy groups -OCH3 is 1. The summed E-state index contributed by atoms with van der Waals surface area (Å²) in [6, 6.07) is 14.3. The van der Waals surface area contributed by atoms with Gasteiger partial charge < -0.3 is 24.1 Å². The fraction of sp³-hybridized carbons (Fsp3) is 0.259. The summed E-state index contributed by atoms with van der Waals surface area (Å²) in [5.74, 6) is -0.492. The minimum absolute atomic E-state index is 0.0124. The summed E-state index contributed by atoms with van der Waals surface area (Å²) < 4.78 is 18.9. The smallest absolute Gasteiger partial charge is 0.333 e. The first kappa shape index (κ1) is 27.3. The Morgan fingerprint density at radius 1 is 1.18 bits per heavy atom.